The second-order valence-corrected chi connectivity index (χ2v) is 4.54. The number of pyridine rings is 1. The van der Waals surface area contributed by atoms with E-state index in [-0.39, 0.29) is 17.2 Å². The topological polar surface area (TPSA) is 79.8 Å². The molecule has 0 unspecified atom stereocenters. The van der Waals surface area contributed by atoms with E-state index >= 15 is 0 Å². The predicted molar refractivity (Wildman–Crippen MR) is 67.8 cm³/mol. The zero-order valence-electron chi connectivity index (χ0n) is 9.85. The summed E-state index contributed by atoms with van der Waals surface area (Å²) in [6, 6.07) is 1.47. The van der Waals surface area contributed by atoms with Crippen molar-refractivity contribution in [3.63, 3.8) is 0 Å². The fraction of sp³-hybridized carbons (Fsp3) is 0.417. The minimum absolute atomic E-state index is 0.127. The maximum absolute atomic E-state index is 12.3. The highest BCUT2D eigenvalue weighted by molar-refractivity contribution is 5.79. The lowest BCUT2D eigenvalue weighted by Crippen LogP contribution is -2.35. The van der Waals surface area contributed by atoms with E-state index in [1.165, 1.54) is 16.9 Å². The second-order valence-electron chi connectivity index (χ2n) is 4.54. The normalized spacial score (nSPS) is 17.1. The number of rotatable bonds is 1. The van der Waals surface area contributed by atoms with Crippen molar-refractivity contribution in [1.82, 2.24) is 20.1 Å². The lowest BCUT2D eigenvalue weighted by molar-refractivity contribution is 0.333. The summed E-state index contributed by atoms with van der Waals surface area (Å²) < 4.78 is 1.52. The number of hydrogen-bond acceptors (Lipinski definition) is 4. The van der Waals surface area contributed by atoms with Crippen molar-refractivity contribution in [3.05, 3.63) is 39.2 Å². The molecule has 0 aromatic carbocycles. The molecule has 2 aromatic heterocycles. The molecule has 2 aromatic rings. The van der Waals surface area contributed by atoms with Crippen LogP contribution in [0.4, 0.5) is 0 Å². The summed E-state index contributed by atoms with van der Waals surface area (Å²) in [4.78, 5) is 26.1. The Labute approximate surface area is 103 Å². The molecule has 0 radical (unpaired) electrons. The highest BCUT2D eigenvalue weighted by Crippen LogP contribution is 2.16. The molecule has 0 bridgehead atoms. The van der Waals surface area contributed by atoms with E-state index in [0.717, 1.165) is 25.9 Å². The predicted octanol–water partition coefficient (Wildman–Crippen LogP) is 0.00930. The summed E-state index contributed by atoms with van der Waals surface area (Å²) in [5.41, 5.74) is -0.437. The molecule has 18 heavy (non-hydrogen) atoms. The Morgan fingerprint density at radius 1 is 1.28 bits per heavy atom. The van der Waals surface area contributed by atoms with Crippen LogP contribution in [0.1, 0.15) is 18.9 Å². The first-order chi connectivity index (χ1) is 8.75. The van der Waals surface area contributed by atoms with Gasteiger partial charge >= 0.3 is 0 Å². The number of aromatic nitrogens is 3. The number of hydrogen-bond donors (Lipinski definition) is 2. The molecule has 2 N–H and O–H groups in total. The molecule has 1 fully saturated rings. The van der Waals surface area contributed by atoms with Crippen LogP contribution in [0.15, 0.2) is 28.0 Å². The van der Waals surface area contributed by atoms with Crippen LogP contribution in [0.2, 0.25) is 0 Å². The van der Waals surface area contributed by atoms with Crippen LogP contribution in [0, 0.1) is 0 Å². The number of piperidine rings is 1. The Kier molecular flexibility index (Phi) is 2.71. The number of H-pyrrole nitrogens is 1. The number of fused-ring (bicyclic) bond motifs is 1. The van der Waals surface area contributed by atoms with Gasteiger partial charge in [-0.1, -0.05) is 0 Å². The molecule has 3 rings (SSSR count). The van der Waals surface area contributed by atoms with E-state index in [1.807, 2.05) is 0 Å². The Bertz CT molecular complexity index is 682. The minimum Gasteiger partial charge on any atom is -0.328 e. The van der Waals surface area contributed by atoms with Gasteiger partial charge in [0.15, 0.2) is 0 Å². The molecule has 0 spiro atoms. The molecule has 1 aliphatic rings. The largest absolute Gasteiger partial charge is 0.328 e. The molecule has 0 aliphatic carbocycles. The third-order valence-electron chi connectivity index (χ3n) is 3.37. The molecular weight excluding hydrogens is 232 g/mol. The van der Waals surface area contributed by atoms with Gasteiger partial charge in [-0.2, -0.15) is 5.10 Å². The molecule has 0 amide bonds. The van der Waals surface area contributed by atoms with Gasteiger partial charge in [0.25, 0.3) is 5.56 Å². The first kappa shape index (κ1) is 11.2. The summed E-state index contributed by atoms with van der Waals surface area (Å²) in [6.45, 7) is 1.79. The zero-order valence-corrected chi connectivity index (χ0v) is 9.85. The first-order valence-corrected chi connectivity index (χ1v) is 6.07. The van der Waals surface area contributed by atoms with Gasteiger partial charge in [-0.3, -0.25) is 9.59 Å². The van der Waals surface area contributed by atoms with Gasteiger partial charge in [0, 0.05) is 17.6 Å². The van der Waals surface area contributed by atoms with E-state index in [1.54, 1.807) is 6.20 Å². The molecule has 6 heteroatoms. The van der Waals surface area contributed by atoms with E-state index in [9.17, 15) is 9.59 Å². The van der Waals surface area contributed by atoms with Crippen molar-refractivity contribution in [2.24, 2.45) is 0 Å². The van der Waals surface area contributed by atoms with Crippen LogP contribution < -0.4 is 16.4 Å². The summed E-state index contributed by atoms with van der Waals surface area (Å²) in [7, 11) is 0. The molecule has 0 saturated carbocycles. The van der Waals surface area contributed by atoms with Gasteiger partial charge in [-0.05, 0) is 25.9 Å². The Hall–Kier alpha value is -1.95. The van der Waals surface area contributed by atoms with Crippen LogP contribution in [0.3, 0.4) is 0 Å². The van der Waals surface area contributed by atoms with Crippen molar-refractivity contribution >= 4 is 10.8 Å². The van der Waals surface area contributed by atoms with Gasteiger partial charge in [0.1, 0.15) is 0 Å². The SMILES string of the molecule is O=c1cc2c(=O)n(C3CCNCC3)ncc2c[nH]1. The monoisotopic (exact) mass is 246 g/mol. The Morgan fingerprint density at radius 2 is 2.06 bits per heavy atom. The quantitative estimate of drug-likeness (QED) is 0.742. The second kappa shape index (κ2) is 4.38. The van der Waals surface area contributed by atoms with E-state index < -0.39 is 0 Å². The highest BCUT2D eigenvalue weighted by Gasteiger charge is 2.17. The van der Waals surface area contributed by atoms with E-state index in [4.69, 9.17) is 0 Å². The Balaban J connectivity index is 2.16. The van der Waals surface area contributed by atoms with Crippen molar-refractivity contribution in [2.45, 2.75) is 18.9 Å². The fourth-order valence-electron chi connectivity index (χ4n) is 2.39. The lowest BCUT2D eigenvalue weighted by atomic mass is 10.1. The fourth-order valence-corrected chi connectivity index (χ4v) is 2.39. The average Bonchev–Trinajstić information content (AvgIpc) is 2.41. The van der Waals surface area contributed by atoms with Crippen molar-refractivity contribution in [3.8, 4) is 0 Å². The van der Waals surface area contributed by atoms with Crippen molar-refractivity contribution in [2.75, 3.05) is 13.1 Å². The van der Waals surface area contributed by atoms with Crippen LogP contribution in [-0.4, -0.2) is 27.9 Å². The first-order valence-electron chi connectivity index (χ1n) is 6.07. The molecule has 6 nitrogen and oxygen atoms in total. The summed E-state index contributed by atoms with van der Waals surface area (Å²) in [5, 5.41) is 8.57. The summed E-state index contributed by atoms with van der Waals surface area (Å²) >= 11 is 0. The number of nitrogens with one attached hydrogen (secondary N) is 2. The van der Waals surface area contributed by atoms with Gasteiger partial charge in [-0.15, -0.1) is 0 Å². The molecule has 94 valence electrons. The summed E-state index contributed by atoms with van der Waals surface area (Å²) in [6.07, 6.45) is 4.94. The molecule has 1 aliphatic heterocycles. The number of aromatic amines is 1. The molecular formula is C12H14N4O2. The van der Waals surface area contributed by atoms with Gasteiger partial charge in [0.2, 0.25) is 5.56 Å². The zero-order chi connectivity index (χ0) is 12.5. The van der Waals surface area contributed by atoms with Gasteiger partial charge < -0.3 is 10.3 Å². The van der Waals surface area contributed by atoms with E-state index in [2.05, 4.69) is 15.4 Å². The summed E-state index contributed by atoms with van der Waals surface area (Å²) in [5.74, 6) is 0. The third-order valence-corrected chi connectivity index (χ3v) is 3.37. The maximum atomic E-state index is 12.3. The number of nitrogens with zero attached hydrogens (tertiary/aromatic N) is 2. The Morgan fingerprint density at radius 3 is 2.83 bits per heavy atom. The van der Waals surface area contributed by atoms with Crippen molar-refractivity contribution in [1.29, 1.82) is 0 Å². The van der Waals surface area contributed by atoms with Gasteiger partial charge in [0.05, 0.1) is 17.6 Å². The van der Waals surface area contributed by atoms with Crippen LogP contribution >= 0.6 is 0 Å². The van der Waals surface area contributed by atoms with Crippen LogP contribution in [-0.2, 0) is 0 Å². The lowest BCUT2D eigenvalue weighted by Gasteiger charge is -2.23. The molecule has 3 heterocycles. The third kappa shape index (κ3) is 1.84. The van der Waals surface area contributed by atoms with E-state index in [0.29, 0.717) is 10.8 Å². The minimum atomic E-state index is -0.261. The highest BCUT2D eigenvalue weighted by atomic mass is 16.1. The average molecular weight is 246 g/mol. The standard InChI is InChI=1S/C12H14N4O2/c17-11-5-10-8(6-14-11)7-15-16(12(10)18)9-1-3-13-4-2-9/h5-7,9,13H,1-4H2,(H,14,17). The molecule has 0 atom stereocenters. The van der Waals surface area contributed by atoms with Crippen molar-refractivity contribution < 1.29 is 0 Å². The molecule has 1 saturated heterocycles. The van der Waals surface area contributed by atoms with Crippen LogP contribution in [0.5, 0.6) is 0 Å². The smallest absolute Gasteiger partial charge is 0.275 e. The van der Waals surface area contributed by atoms with Gasteiger partial charge in [-0.25, -0.2) is 4.68 Å². The van der Waals surface area contributed by atoms with Crippen LogP contribution in [0.25, 0.3) is 10.8 Å². The maximum Gasteiger partial charge on any atom is 0.275 e.